The second-order valence-electron chi connectivity index (χ2n) is 9.49. The van der Waals surface area contributed by atoms with Gasteiger partial charge in [0, 0.05) is 31.7 Å². The van der Waals surface area contributed by atoms with Crippen LogP contribution in [0.25, 0.3) is 11.1 Å². The molecule has 1 aliphatic heterocycles. The summed E-state index contributed by atoms with van der Waals surface area (Å²) in [4.78, 5) is 38.9. The lowest BCUT2D eigenvalue weighted by atomic mass is 9.78. The van der Waals surface area contributed by atoms with E-state index in [0.29, 0.717) is 26.1 Å². The number of carboxylic acids is 1. The maximum Gasteiger partial charge on any atom is 0.407 e. The standard InChI is InChI=1S/C27H32N2O6/c1-18(2)29(15-24(30)31)25(32)27(11-13-34-14-12-27)17-28-26(33)35-16-23-21-9-5-3-7-19(21)20-8-4-6-10-22(20)23/h3-10,18,23H,11-17H2,1-2H3,(H,28,33)(H,30,31). The number of rotatable bonds is 8. The molecule has 0 saturated carbocycles. The summed E-state index contributed by atoms with van der Waals surface area (Å²) >= 11 is 0. The van der Waals surface area contributed by atoms with Gasteiger partial charge in [0.25, 0.3) is 0 Å². The molecule has 0 unspecified atom stereocenters. The normalized spacial score (nSPS) is 16.3. The van der Waals surface area contributed by atoms with Crippen molar-refractivity contribution in [1.82, 2.24) is 10.2 Å². The summed E-state index contributed by atoms with van der Waals surface area (Å²) in [6.45, 7) is 4.17. The van der Waals surface area contributed by atoms with Crippen LogP contribution in [0.3, 0.4) is 0 Å². The van der Waals surface area contributed by atoms with Gasteiger partial charge in [-0.3, -0.25) is 9.59 Å². The maximum atomic E-state index is 13.5. The van der Waals surface area contributed by atoms with Gasteiger partial charge in [-0.05, 0) is 48.9 Å². The smallest absolute Gasteiger partial charge is 0.407 e. The van der Waals surface area contributed by atoms with Crippen LogP contribution in [0.4, 0.5) is 4.79 Å². The molecule has 2 amide bonds. The van der Waals surface area contributed by atoms with Gasteiger partial charge in [0.15, 0.2) is 0 Å². The number of benzene rings is 2. The Labute approximate surface area is 205 Å². The predicted molar refractivity (Wildman–Crippen MR) is 130 cm³/mol. The lowest BCUT2D eigenvalue weighted by Crippen LogP contribution is -2.55. The van der Waals surface area contributed by atoms with Crippen LogP contribution in [0, 0.1) is 5.41 Å². The summed E-state index contributed by atoms with van der Waals surface area (Å²) in [6.07, 6.45) is 0.205. The van der Waals surface area contributed by atoms with E-state index in [9.17, 15) is 19.5 Å². The highest BCUT2D eigenvalue weighted by Crippen LogP contribution is 2.44. The monoisotopic (exact) mass is 480 g/mol. The van der Waals surface area contributed by atoms with Crippen molar-refractivity contribution in [3.8, 4) is 11.1 Å². The first-order valence-corrected chi connectivity index (χ1v) is 12.0. The molecule has 0 spiro atoms. The van der Waals surface area contributed by atoms with E-state index in [1.165, 1.54) is 4.90 Å². The molecular weight excluding hydrogens is 448 g/mol. The molecule has 2 aromatic rings. The molecule has 2 aliphatic rings. The van der Waals surface area contributed by atoms with Crippen LogP contribution in [-0.2, 0) is 19.1 Å². The van der Waals surface area contributed by atoms with E-state index >= 15 is 0 Å². The average Bonchev–Trinajstić information content (AvgIpc) is 3.18. The van der Waals surface area contributed by atoms with Crippen molar-refractivity contribution in [2.75, 3.05) is 32.9 Å². The Balaban J connectivity index is 1.43. The molecule has 2 aromatic carbocycles. The summed E-state index contributed by atoms with van der Waals surface area (Å²) in [5, 5.41) is 12.1. The molecule has 8 nitrogen and oxygen atoms in total. The molecule has 1 saturated heterocycles. The van der Waals surface area contributed by atoms with Crippen LogP contribution < -0.4 is 5.32 Å². The second kappa shape index (κ2) is 10.5. The van der Waals surface area contributed by atoms with Crippen molar-refractivity contribution in [2.45, 2.75) is 38.6 Å². The second-order valence-corrected chi connectivity index (χ2v) is 9.49. The van der Waals surface area contributed by atoms with Gasteiger partial charge in [0.2, 0.25) is 5.91 Å². The van der Waals surface area contributed by atoms with Gasteiger partial charge in [-0.25, -0.2) is 4.79 Å². The first-order chi connectivity index (χ1) is 16.8. The van der Waals surface area contributed by atoms with E-state index in [-0.39, 0.29) is 37.6 Å². The van der Waals surface area contributed by atoms with Gasteiger partial charge in [0.05, 0.1) is 5.41 Å². The average molecular weight is 481 g/mol. The highest BCUT2D eigenvalue weighted by Gasteiger charge is 2.44. The summed E-state index contributed by atoms with van der Waals surface area (Å²) in [5.74, 6) is -1.41. The van der Waals surface area contributed by atoms with Crippen LogP contribution in [0.1, 0.15) is 43.7 Å². The number of hydrogen-bond donors (Lipinski definition) is 2. The van der Waals surface area contributed by atoms with Crippen molar-refractivity contribution in [1.29, 1.82) is 0 Å². The van der Waals surface area contributed by atoms with Crippen LogP contribution in [0.5, 0.6) is 0 Å². The van der Waals surface area contributed by atoms with Crippen molar-refractivity contribution in [3.05, 3.63) is 59.7 Å². The fraction of sp³-hybridized carbons (Fsp3) is 0.444. The van der Waals surface area contributed by atoms with Gasteiger partial charge in [-0.1, -0.05) is 48.5 Å². The first kappa shape index (κ1) is 24.7. The van der Waals surface area contributed by atoms with Crippen LogP contribution >= 0.6 is 0 Å². The van der Waals surface area contributed by atoms with Gasteiger partial charge in [0.1, 0.15) is 13.2 Å². The zero-order valence-electron chi connectivity index (χ0n) is 20.2. The Morgan fingerprint density at radius 1 is 1.06 bits per heavy atom. The maximum absolute atomic E-state index is 13.5. The molecular formula is C27H32N2O6. The molecule has 1 heterocycles. The summed E-state index contributed by atoms with van der Waals surface area (Å²) in [7, 11) is 0. The largest absolute Gasteiger partial charge is 0.480 e. The Bertz CT molecular complexity index is 1050. The van der Waals surface area contributed by atoms with Crippen LogP contribution in [0.15, 0.2) is 48.5 Å². The lowest BCUT2D eigenvalue weighted by Gasteiger charge is -2.40. The number of fused-ring (bicyclic) bond motifs is 3. The van der Waals surface area contributed by atoms with Crippen LogP contribution in [0.2, 0.25) is 0 Å². The molecule has 0 bridgehead atoms. The Hall–Kier alpha value is -3.39. The highest BCUT2D eigenvalue weighted by atomic mass is 16.5. The third-order valence-electron chi connectivity index (χ3n) is 7.01. The van der Waals surface area contributed by atoms with Crippen molar-refractivity contribution >= 4 is 18.0 Å². The third kappa shape index (κ3) is 5.17. The van der Waals surface area contributed by atoms with E-state index < -0.39 is 17.5 Å². The molecule has 186 valence electrons. The van der Waals surface area contributed by atoms with Crippen LogP contribution in [-0.4, -0.2) is 66.9 Å². The summed E-state index contributed by atoms with van der Waals surface area (Å²) < 4.78 is 11.1. The number of carbonyl (C=O) groups is 3. The molecule has 8 heteroatoms. The molecule has 0 atom stereocenters. The minimum absolute atomic E-state index is 0.0566. The summed E-state index contributed by atoms with van der Waals surface area (Å²) in [5.41, 5.74) is 3.62. The molecule has 0 radical (unpaired) electrons. The van der Waals surface area contributed by atoms with E-state index in [1.54, 1.807) is 13.8 Å². The van der Waals surface area contributed by atoms with E-state index in [2.05, 4.69) is 29.6 Å². The molecule has 1 aliphatic carbocycles. The van der Waals surface area contributed by atoms with Gasteiger partial charge >= 0.3 is 12.1 Å². The van der Waals surface area contributed by atoms with Gasteiger partial charge < -0.3 is 24.8 Å². The van der Waals surface area contributed by atoms with E-state index in [4.69, 9.17) is 9.47 Å². The Morgan fingerprint density at radius 3 is 2.17 bits per heavy atom. The fourth-order valence-electron chi connectivity index (χ4n) is 5.06. The van der Waals surface area contributed by atoms with Crippen molar-refractivity contribution in [2.24, 2.45) is 5.41 Å². The molecule has 4 rings (SSSR count). The third-order valence-corrected chi connectivity index (χ3v) is 7.01. The number of ether oxygens (including phenoxy) is 2. The molecule has 0 aromatic heterocycles. The minimum Gasteiger partial charge on any atom is -0.480 e. The number of nitrogens with zero attached hydrogens (tertiary/aromatic N) is 1. The first-order valence-electron chi connectivity index (χ1n) is 12.0. The number of nitrogens with one attached hydrogen (secondary N) is 1. The molecule has 35 heavy (non-hydrogen) atoms. The zero-order valence-corrected chi connectivity index (χ0v) is 20.2. The van der Waals surface area contributed by atoms with Gasteiger partial charge in [-0.15, -0.1) is 0 Å². The number of alkyl carbamates (subject to hydrolysis) is 1. The fourth-order valence-corrected chi connectivity index (χ4v) is 5.06. The Morgan fingerprint density at radius 2 is 1.63 bits per heavy atom. The van der Waals surface area contributed by atoms with Gasteiger partial charge in [-0.2, -0.15) is 0 Å². The number of aliphatic carboxylic acids is 1. The van der Waals surface area contributed by atoms with E-state index in [1.807, 2.05) is 24.3 Å². The SMILES string of the molecule is CC(C)N(CC(=O)O)C(=O)C1(CNC(=O)OCC2c3ccccc3-c3ccccc32)CCOCC1. The zero-order chi connectivity index (χ0) is 25.0. The summed E-state index contributed by atoms with van der Waals surface area (Å²) in [6, 6.07) is 15.9. The molecule has 1 fully saturated rings. The number of carbonyl (C=O) groups excluding carboxylic acids is 2. The minimum atomic E-state index is -1.07. The van der Waals surface area contributed by atoms with E-state index in [0.717, 1.165) is 22.3 Å². The van der Waals surface area contributed by atoms with Crippen molar-refractivity contribution < 1.29 is 29.0 Å². The Kier molecular flexibility index (Phi) is 7.40. The predicted octanol–water partition coefficient (Wildman–Crippen LogP) is 3.64. The molecule has 2 N–H and O–H groups in total. The number of amides is 2. The quantitative estimate of drug-likeness (QED) is 0.598. The lowest BCUT2D eigenvalue weighted by molar-refractivity contribution is -0.155. The topological polar surface area (TPSA) is 105 Å². The number of hydrogen-bond acceptors (Lipinski definition) is 5. The number of carboxylic acid groups (broad SMARTS) is 1. The highest BCUT2D eigenvalue weighted by molar-refractivity contribution is 5.87. The van der Waals surface area contributed by atoms with Crippen molar-refractivity contribution in [3.63, 3.8) is 0 Å².